The lowest BCUT2D eigenvalue weighted by atomic mass is 10.2. The molecule has 17 heavy (non-hydrogen) atoms. The SMILES string of the molecule is N[C@H]1CCN(C(=O)c2ccc3n[nH]nc3c2)C1. The van der Waals surface area contributed by atoms with Gasteiger partial charge in [0.1, 0.15) is 11.0 Å². The smallest absolute Gasteiger partial charge is 0.253 e. The van der Waals surface area contributed by atoms with E-state index < -0.39 is 0 Å². The first-order valence-corrected chi connectivity index (χ1v) is 5.59. The van der Waals surface area contributed by atoms with Crippen LogP contribution in [0.25, 0.3) is 11.0 Å². The third-order valence-corrected chi connectivity index (χ3v) is 3.08. The van der Waals surface area contributed by atoms with Crippen molar-refractivity contribution in [1.82, 2.24) is 20.3 Å². The Hall–Kier alpha value is -1.95. The summed E-state index contributed by atoms with van der Waals surface area (Å²) in [4.78, 5) is 14.0. The molecule has 0 unspecified atom stereocenters. The van der Waals surface area contributed by atoms with Crippen LogP contribution in [0.3, 0.4) is 0 Å². The zero-order valence-corrected chi connectivity index (χ0v) is 9.26. The number of carbonyl (C=O) groups is 1. The van der Waals surface area contributed by atoms with E-state index in [1.165, 1.54) is 0 Å². The van der Waals surface area contributed by atoms with Gasteiger partial charge in [0.25, 0.3) is 5.91 Å². The number of fused-ring (bicyclic) bond motifs is 1. The Balaban J connectivity index is 1.89. The van der Waals surface area contributed by atoms with E-state index in [9.17, 15) is 4.79 Å². The molecule has 0 radical (unpaired) electrons. The van der Waals surface area contributed by atoms with Gasteiger partial charge in [-0.1, -0.05) is 0 Å². The molecule has 2 aromatic rings. The molecule has 6 nitrogen and oxygen atoms in total. The van der Waals surface area contributed by atoms with Gasteiger partial charge < -0.3 is 10.6 Å². The molecule has 3 N–H and O–H groups in total. The second-order valence-corrected chi connectivity index (χ2v) is 4.33. The molecular weight excluding hydrogens is 218 g/mol. The molecule has 1 saturated heterocycles. The summed E-state index contributed by atoms with van der Waals surface area (Å²) in [5, 5.41) is 10.5. The molecule has 0 bridgehead atoms. The number of nitrogens with zero attached hydrogens (tertiary/aromatic N) is 3. The lowest BCUT2D eigenvalue weighted by Crippen LogP contribution is -2.31. The summed E-state index contributed by atoms with van der Waals surface area (Å²) in [6.45, 7) is 1.37. The summed E-state index contributed by atoms with van der Waals surface area (Å²) in [6, 6.07) is 5.43. The number of aromatic nitrogens is 3. The Morgan fingerprint density at radius 1 is 1.41 bits per heavy atom. The highest BCUT2D eigenvalue weighted by atomic mass is 16.2. The van der Waals surface area contributed by atoms with Crippen molar-refractivity contribution in [1.29, 1.82) is 0 Å². The predicted molar refractivity (Wildman–Crippen MR) is 62.4 cm³/mol. The number of hydrogen-bond donors (Lipinski definition) is 2. The number of rotatable bonds is 1. The van der Waals surface area contributed by atoms with Gasteiger partial charge in [0.2, 0.25) is 0 Å². The van der Waals surface area contributed by atoms with Crippen molar-refractivity contribution in [3.05, 3.63) is 23.8 Å². The Kier molecular flexibility index (Phi) is 2.29. The molecule has 1 amide bonds. The van der Waals surface area contributed by atoms with Gasteiger partial charge in [-0.25, -0.2) is 0 Å². The maximum atomic E-state index is 12.2. The standard InChI is InChI=1S/C11H13N5O/c12-8-3-4-16(6-8)11(17)7-1-2-9-10(5-7)14-15-13-9/h1-2,5,8H,3-4,6,12H2,(H,13,14,15)/t8-/m0/s1. The van der Waals surface area contributed by atoms with Crippen LogP contribution in [0, 0.1) is 0 Å². The fraction of sp³-hybridized carbons (Fsp3) is 0.364. The fourth-order valence-electron chi connectivity index (χ4n) is 2.13. The average molecular weight is 231 g/mol. The summed E-state index contributed by atoms with van der Waals surface area (Å²) >= 11 is 0. The van der Waals surface area contributed by atoms with Gasteiger partial charge in [0.15, 0.2) is 0 Å². The predicted octanol–water partition coefficient (Wildman–Crippen LogP) is 0.131. The zero-order valence-electron chi connectivity index (χ0n) is 9.26. The molecule has 1 atom stereocenters. The molecule has 0 saturated carbocycles. The lowest BCUT2D eigenvalue weighted by molar-refractivity contribution is 0.0791. The topological polar surface area (TPSA) is 87.9 Å². The first-order chi connectivity index (χ1) is 8.24. The highest BCUT2D eigenvalue weighted by molar-refractivity contribution is 5.97. The first-order valence-electron chi connectivity index (χ1n) is 5.59. The van der Waals surface area contributed by atoms with Crippen LogP contribution in [-0.2, 0) is 0 Å². The van der Waals surface area contributed by atoms with Gasteiger partial charge in [-0.2, -0.15) is 15.4 Å². The normalized spacial score (nSPS) is 20.1. The summed E-state index contributed by atoms with van der Waals surface area (Å²) in [5.74, 6) is 0.0165. The summed E-state index contributed by atoms with van der Waals surface area (Å²) in [5.41, 5.74) is 7.90. The Morgan fingerprint density at radius 3 is 3.00 bits per heavy atom. The first kappa shape index (κ1) is 10.2. The number of H-pyrrole nitrogens is 1. The molecule has 0 aliphatic carbocycles. The van der Waals surface area contributed by atoms with Crippen molar-refractivity contribution in [2.24, 2.45) is 5.73 Å². The molecule has 1 aliphatic rings. The van der Waals surface area contributed by atoms with Crippen LogP contribution in [-0.4, -0.2) is 45.3 Å². The van der Waals surface area contributed by atoms with Crippen LogP contribution in [0.5, 0.6) is 0 Å². The van der Waals surface area contributed by atoms with Crippen LogP contribution >= 0.6 is 0 Å². The van der Waals surface area contributed by atoms with E-state index in [0.717, 1.165) is 18.5 Å². The lowest BCUT2D eigenvalue weighted by Gasteiger charge is -2.15. The van der Waals surface area contributed by atoms with Crippen molar-refractivity contribution in [3.63, 3.8) is 0 Å². The van der Waals surface area contributed by atoms with Gasteiger partial charge in [-0.3, -0.25) is 4.79 Å². The van der Waals surface area contributed by atoms with Gasteiger partial charge >= 0.3 is 0 Å². The Labute approximate surface area is 97.8 Å². The van der Waals surface area contributed by atoms with E-state index in [4.69, 9.17) is 5.73 Å². The monoisotopic (exact) mass is 231 g/mol. The molecule has 2 heterocycles. The minimum absolute atomic E-state index is 0.0165. The summed E-state index contributed by atoms with van der Waals surface area (Å²) in [6.07, 6.45) is 0.873. The number of nitrogens with two attached hydrogens (primary N) is 1. The number of hydrogen-bond acceptors (Lipinski definition) is 4. The van der Waals surface area contributed by atoms with E-state index in [-0.39, 0.29) is 11.9 Å². The minimum atomic E-state index is 0.0165. The van der Waals surface area contributed by atoms with Crippen molar-refractivity contribution in [2.45, 2.75) is 12.5 Å². The van der Waals surface area contributed by atoms with Gasteiger partial charge in [-0.15, -0.1) is 0 Å². The van der Waals surface area contributed by atoms with Gasteiger partial charge in [0.05, 0.1) is 0 Å². The molecule has 88 valence electrons. The maximum Gasteiger partial charge on any atom is 0.253 e. The van der Waals surface area contributed by atoms with Gasteiger partial charge in [-0.05, 0) is 24.6 Å². The quantitative estimate of drug-likeness (QED) is 0.730. The fourth-order valence-corrected chi connectivity index (χ4v) is 2.13. The molecule has 1 aromatic carbocycles. The van der Waals surface area contributed by atoms with Gasteiger partial charge in [0, 0.05) is 24.7 Å². The van der Waals surface area contributed by atoms with E-state index >= 15 is 0 Å². The van der Waals surface area contributed by atoms with Crippen molar-refractivity contribution < 1.29 is 4.79 Å². The highest BCUT2D eigenvalue weighted by Crippen LogP contribution is 2.15. The Morgan fingerprint density at radius 2 is 2.24 bits per heavy atom. The summed E-state index contributed by atoms with van der Waals surface area (Å²) < 4.78 is 0. The number of carbonyl (C=O) groups excluding carboxylic acids is 1. The van der Waals surface area contributed by atoms with E-state index in [1.54, 1.807) is 23.1 Å². The molecular formula is C11H13N5O. The van der Waals surface area contributed by atoms with Crippen molar-refractivity contribution in [3.8, 4) is 0 Å². The molecule has 1 fully saturated rings. The molecule has 3 rings (SSSR count). The zero-order chi connectivity index (χ0) is 11.8. The second-order valence-electron chi connectivity index (χ2n) is 4.33. The number of aromatic amines is 1. The minimum Gasteiger partial charge on any atom is -0.337 e. The van der Waals surface area contributed by atoms with Crippen LogP contribution in [0.2, 0.25) is 0 Å². The highest BCUT2D eigenvalue weighted by Gasteiger charge is 2.24. The number of benzene rings is 1. The van der Waals surface area contributed by atoms with E-state index in [2.05, 4.69) is 15.4 Å². The summed E-state index contributed by atoms with van der Waals surface area (Å²) in [7, 11) is 0. The van der Waals surface area contributed by atoms with Crippen LogP contribution in [0.15, 0.2) is 18.2 Å². The number of amides is 1. The van der Waals surface area contributed by atoms with Crippen LogP contribution < -0.4 is 5.73 Å². The third-order valence-electron chi connectivity index (χ3n) is 3.08. The largest absolute Gasteiger partial charge is 0.337 e. The van der Waals surface area contributed by atoms with Crippen LogP contribution in [0.4, 0.5) is 0 Å². The maximum absolute atomic E-state index is 12.2. The molecule has 0 spiro atoms. The number of nitrogens with one attached hydrogen (secondary N) is 1. The molecule has 1 aromatic heterocycles. The van der Waals surface area contributed by atoms with E-state index in [1.807, 2.05) is 0 Å². The Bertz CT molecular complexity index is 564. The molecule has 1 aliphatic heterocycles. The van der Waals surface area contributed by atoms with E-state index in [0.29, 0.717) is 17.6 Å². The van der Waals surface area contributed by atoms with Crippen molar-refractivity contribution >= 4 is 16.9 Å². The van der Waals surface area contributed by atoms with Crippen LogP contribution in [0.1, 0.15) is 16.8 Å². The second kappa shape index (κ2) is 3.81. The third kappa shape index (κ3) is 1.76. The average Bonchev–Trinajstić information content (AvgIpc) is 2.95. The van der Waals surface area contributed by atoms with Crippen molar-refractivity contribution in [2.75, 3.05) is 13.1 Å². The molecule has 6 heteroatoms. The number of likely N-dealkylation sites (tertiary alicyclic amines) is 1.